The molecular weight excluding hydrogens is 260 g/mol. The van der Waals surface area contributed by atoms with Crippen molar-refractivity contribution in [2.24, 2.45) is 5.92 Å². The van der Waals surface area contributed by atoms with Crippen LogP contribution in [0.1, 0.15) is 19.3 Å². The maximum absolute atomic E-state index is 12.0. The van der Waals surface area contributed by atoms with Crippen LogP contribution in [0.4, 0.5) is 5.69 Å². The molecule has 0 aromatic carbocycles. The highest BCUT2D eigenvalue weighted by atomic mass is 32.2. The van der Waals surface area contributed by atoms with Gasteiger partial charge in [0, 0.05) is 23.7 Å². The Morgan fingerprint density at radius 1 is 1.53 bits per heavy atom. The molecule has 0 radical (unpaired) electrons. The Morgan fingerprint density at radius 2 is 2.29 bits per heavy atom. The molecule has 7 heteroatoms. The Morgan fingerprint density at radius 3 is 2.88 bits per heavy atom. The second-order valence-corrected chi connectivity index (χ2v) is 7.15. The van der Waals surface area contributed by atoms with E-state index in [1.54, 1.807) is 5.38 Å². The molecule has 1 heterocycles. The molecule has 1 saturated carbocycles. The van der Waals surface area contributed by atoms with Crippen molar-refractivity contribution in [3.05, 3.63) is 11.4 Å². The summed E-state index contributed by atoms with van der Waals surface area (Å²) in [4.78, 5) is 0. The van der Waals surface area contributed by atoms with Gasteiger partial charge in [0.15, 0.2) is 0 Å². The van der Waals surface area contributed by atoms with Crippen LogP contribution in [0.3, 0.4) is 0 Å². The third-order valence-electron chi connectivity index (χ3n) is 3.06. The summed E-state index contributed by atoms with van der Waals surface area (Å²) in [5.41, 5.74) is 5.97. The Hall–Kier alpha value is -0.630. The number of aliphatic hydroxyl groups is 1. The van der Waals surface area contributed by atoms with E-state index in [0.717, 1.165) is 30.6 Å². The van der Waals surface area contributed by atoms with Gasteiger partial charge in [-0.15, -0.1) is 11.3 Å². The Labute approximate surface area is 105 Å². The zero-order valence-corrected chi connectivity index (χ0v) is 10.9. The molecule has 1 aliphatic rings. The van der Waals surface area contributed by atoms with Gasteiger partial charge in [-0.3, -0.25) is 0 Å². The normalized spacial score (nSPS) is 25.2. The van der Waals surface area contributed by atoms with Crippen LogP contribution in [0.2, 0.25) is 0 Å². The van der Waals surface area contributed by atoms with Gasteiger partial charge in [0.1, 0.15) is 4.21 Å². The van der Waals surface area contributed by atoms with Crippen molar-refractivity contribution in [1.29, 1.82) is 0 Å². The lowest BCUT2D eigenvalue weighted by molar-refractivity contribution is 0.213. The van der Waals surface area contributed by atoms with Crippen molar-refractivity contribution in [2.75, 3.05) is 12.3 Å². The van der Waals surface area contributed by atoms with Crippen molar-refractivity contribution in [3.8, 4) is 0 Å². The van der Waals surface area contributed by atoms with E-state index in [2.05, 4.69) is 4.72 Å². The molecule has 0 aliphatic heterocycles. The van der Waals surface area contributed by atoms with Crippen LogP contribution in [0, 0.1) is 5.92 Å². The summed E-state index contributed by atoms with van der Waals surface area (Å²) in [7, 11) is -3.49. The van der Waals surface area contributed by atoms with Gasteiger partial charge in [-0.25, -0.2) is 13.1 Å². The van der Waals surface area contributed by atoms with Crippen LogP contribution in [0.25, 0.3) is 0 Å². The number of hydrogen-bond acceptors (Lipinski definition) is 5. The largest absolute Gasteiger partial charge is 0.398 e. The number of aliphatic hydroxyl groups excluding tert-OH is 1. The van der Waals surface area contributed by atoms with Gasteiger partial charge in [0.25, 0.3) is 0 Å². The number of thiophene rings is 1. The summed E-state index contributed by atoms with van der Waals surface area (Å²) in [6.07, 6.45) is 2.60. The molecule has 0 bridgehead atoms. The fourth-order valence-corrected chi connectivity index (χ4v) is 4.58. The first-order chi connectivity index (χ1) is 8.03. The molecule has 1 aromatic heterocycles. The Balaban J connectivity index is 2.12. The zero-order valence-electron chi connectivity index (χ0n) is 9.30. The first kappa shape index (κ1) is 12.8. The average Bonchev–Trinajstić information content (AvgIpc) is 2.86. The first-order valence-corrected chi connectivity index (χ1v) is 7.86. The highest BCUT2D eigenvalue weighted by Gasteiger charge is 2.31. The van der Waals surface area contributed by atoms with Crippen molar-refractivity contribution in [2.45, 2.75) is 29.5 Å². The topological polar surface area (TPSA) is 92.4 Å². The van der Waals surface area contributed by atoms with Crippen LogP contribution >= 0.6 is 11.3 Å². The molecule has 2 rings (SSSR count). The monoisotopic (exact) mass is 276 g/mol. The minimum absolute atomic E-state index is 0.0275. The lowest BCUT2D eigenvalue weighted by Gasteiger charge is -2.18. The van der Waals surface area contributed by atoms with Gasteiger partial charge in [-0.1, -0.05) is 6.42 Å². The fourth-order valence-electron chi connectivity index (χ4n) is 2.14. The minimum Gasteiger partial charge on any atom is -0.398 e. The zero-order chi connectivity index (χ0) is 12.5. The molecule has 1 aromatic rings. The molecule has 0 saturated heterocycles. The first-order valence-electron chi connectivity index (χ1n) is 5.50. The molecule has 17 heavy (non-hydrogen) atoms. The third kappa shape index (κ3) is 2.79. The van der Waals surface area contributed by atoms with Crippen molar-refractivity contribution < 1.29 is 13.5 Å². The van der Waals surface area contributed by atoms with E-state index < -0.39 is 10.0 Å². The number of hydrogen-bond donors (Lipinski definition) is 3. The molecular formula is C10H16N2O3S2. The van der Waals surface area contributed by atoms with E-state index in [0.29, 0.717) is 5.69 Å². The van der Waals surface area contributed by atoms with Gasteiger partial charge in [0.05, 0.1) is 0 Å². The van der Waals surface area contributed by atoms with Crippen molar-refractivity contribution >= 4 is 27.0 Å². The Bertz CT molecular complexity index is 483. The third-order valence-corrected chi connectivity index (χ3v) is 6.01. The molecule has 1 fully saturated rings. The van der Waals surface area contributed by atoms with Crippen LogP contribution < -0.4 is 10.5 Å². The predicted molar refractivity (Wildman–Crippen MR) is 67.3 cm³/mol. The summed E-state index contributed by atoms with van der Waals surface area (Å²) in [5.74, 6) is 0.0297. The van der Waals surface area contributed by atoms with Crippen LogP contribution in [-0.4, -0.2) is 26.2 Å². The number of nitrogen functional groups attached to an aromatic ring is 1. The van der Waals surface area contributed by atoms with E-state index >= 15 is 0 Å². The van der Waals surface area contributed by atoms with Crippen LogP contribution in [0.5, 0.6) is 0 Å². The van der Waals surface area contributed by atoms with Gasteiger partial charge in [-0.2, -0.15) is 0 Å². The van der Waals surface area contributed by atoms with E-state index in [1.165, 1.54) is 6.07 Å². The van der Waals surface area contributed by atoms with Crippen molar-refractivity contribution in [3.63, 3.8) is 0 Å². The second kappa shape index (κ2) is 4.93. The quantitative estimate of drug-likeness (QED) is 0.757. The maximum Gasteiger partial charge on any atom is 0.250 e. The molecule has 0 amide bonds. The van der Waals surface area contributed by atoms with E-state index in [1.807, 2.05) is 0 Å². The van der Waals surface area contributed by atoms with E-state index in [9.17, 15) is 8.42 Å². The van der Waals surface area contributed by atoms with Gasteiger partial charge < -0.3 is 10.8 Å². The molecule has 5 nitrogen and oxygen atoms in total. The molecule has 1 aliphatic carbocycles. The van der Waals surface area contributed by atoms with Gasteiger partial charge in [-0.05, 0) is 24.8 Å². The maximum atomic E-state index is 12.0. The standard InChI is InChI=1S/C10H16N2O3S2/c11-8-4-10(16-6-8)17(14,15)12-9-3-1-2-7(9)5-13/h4,6-7,9,12-13H,1-3,5,11H2. The van der Waals surface area contributed by atoms with Crippen LogP contribution in [-0.2, 0) is 10.0 Å². The van der Waals surface area contributed by atoms with Crippen LogP contribution in [0.15, 0.2) is 15.7 Å². The summed E-state index contributed by atoms with van der Waals surface area (Å²) >= 11 is 1.11. The van der Waals surface area contributed by atoms with Gasteiger partial charge >= 0.3 is 0 Å². The minimum atomic E-state index is -3.49. The lowest BCUT2D eigenvalue weighted by atomic mass is 10.1. The highest BCUT2D eigenvalue weighted by molar-refractivity contribution is 7.91. The number of nitrogens with two attached hydrogens (primary N) is 1. The van der Waals surface area contributed by atoms with Gasteiger partial charge in [0.2, 0.25) is 10.0 Å². The fraction of sp³-hybridized carbons (Fsp3) is 0.600. The SMILES string of the molecule is Nc1csc(S(=O)(=O)NC2CCCC2CO)c1. The smallest absolute Gasteiger partial charge is 0.250 e. The highest BCUT2D eigenvalue weighted by Crippen LogP contribution is 2.28. The summed E-state index contributed by atoms with van der Waals surface area (Å²) in [6.45, 7) is 0.0275. The van der Waals surface area contributed by atoms with E-state index in [4.69, 9.17) is 10.8 Å². The predicted octanol–water partition coefficient (Wildman–Crippen LogP) is 0.770. The van der Waals surface area contributed by atoms with E-state index in [-0.39, 0.29) is 22.8 Å². The number of nitrogens with one attached hydrogen (secondary N) is 1. The number of rotatable bonds is 4. The van der Waals surface area contributed by atoms with Crippen molar-refractivity contribution in [1.82, 2.24) is 4.72 Å². The Kier molecular flexibility index (Phi) is 3.72. The molecule has 2 unspecified atom stereocenters. The summed E-state index contributed by atoms with van der Waals surface area (Å²) in [5, 5.41) is 10.8. The molecule has 96 valence electrons. The molecule has 2 atom stereocenters. The molecule has 0 spiro atoms. The molecule has 4 N–H and O–H groups in total. The lowest BCUT2D eigenvalue weighted by Crippen LogP contribution is -2.38. The second-order valence-electron chi connectivity index (χ2n) is 4.30. The number of anilines is 1. The average molecular weight is 276 g/mol. The number of sulfonamides is 1. The summed E-state index contributed by atoms with van der Waals surface area (Å²) in [6, 6.07) is 1.30. The summed E-state index contributed by atoms with van der Waals surface area (Å²) < 4.78 is 26.9.